The number of hydrazine groups is 1. The standard InChI is InChI=1S/C35H25Cl2F3N4O7/c36-19-3-1-17(2-4-19)34-24(31(47)43(33(34)49)42-29-25(37)11-18(13-41-29)35(38,39)40)12-23-21(6-7-22-27(23)32(48)44(50)30(22)46)28(34)16-9-15-10-20(45)5-8-26(15)51-14-16/h1-6,8,10-11,13-14,22-24,27-28,45,50H,7,9,12H2,(H,41,42). The van der Waals surface area contributed by atoms with Gasteiger partial charge in [0, 0.05) is 29.1 Å². The normalized spacial score (nSPS) is 28.4. The van der Waals surface area contributed by atoms with E-state index in [9.17, 15) is 37.9 Å². The number of carbonyl (C=O) groups is 4. The summed E-state index contributed by atoms with van der Waals surface area (Å²) >= 11 is 12.5. The highest BCUT2D eigenvalue weighted by Gasteiger charge is 2.71. The van der Waals surface area contributed by atoms with Crippen molar-refractivity contribution in [3.63, 3.8) is 0 Å². The molecule has 3 fully saturated rings. The minimum atomic E-state index is -4.76. The largest absolute Gasteiger partial charge is 0.508 e. The third kappa shape index (κ3) is 4.87. The molecule has 2 saturated heterocycles. The van der Waals surface area contributed by atoms with Crippen LogP contribution in [0.3, 0.4) is 0 Å². The van der Waals surface area contributed by atoms with E-state index in [-0.39, 0.29) is 35.9 Å². The molecule has 4 heterocycles. The molecule has 1 saturated carbocycles. The second kappa shape index (κ2) is 11.6. The number of rotatable bonds is 4. The summed E-state index contributed by atoms with van der Waals surface area (Å²) in [5.41, 5.74) is 1.71. The van der Waals surface area contributed by atoms with Gasteiger partial charge in [0.15, 0.2) is 5.82 Å². The van der Waals surface area contributed by atoms with Gasteiger partial charge in [-0.2, -0.15) is 23.2 Å². The van der Waals surface area contributed by atoms with Crippen molar-refractivity contribution in [1.82, 2.24) is 15.1 Å². The lowest BCUT2D eigenvalue weighted by atomic mass is 9.48. The summed E-state index contributed by atoms with van der Waals surface area (Å²) in [6, 6.07) is 11.5. The third-order valence-corrected chi connectivity index (χ3v) is 11.2. The number of anilines is 1. The van der Waals surface area contributed by atoms with Gasteiger partial charge in [-0.3, -0.25) is 29.8 Å². The van der Waals surface area contributed by atoms with Gasteiger partial charge in [0.05, 0.1) is 40.0 Å². The van der Waals surface area contributed by atoms with Crippen LogP contribution < -0.4 is 10.2 Å². The van der Waals surface area contributed by atoms with Gasteiger partial charge >= 0.3 is 6.18 Å². The Balaban J connectivity index is 1.32. The van der Waals surface area contributed by atoms with E-state index < -0.39 is 75.4 Å². The predicted molar refractivity (Wildman–Crippen MR) is 172 cm³/mol. The number of halogens is 5. The number of nitrogens with zero attached hydrogens (tertiary/aromatic N) is 3. The summed E-state index contributed by atoms with van der Waals surface area (Å²) in [4.78, 5) is 60.0. The molecule has 16 heteroatoms. The minimum Gasteiger partial charge on any atom is -0.508 e. The Morgan fingerprint density at radius 1 is 0.980 bits per heavy atom. The molecule has 2 aliphatic carbocycles. The number of nitrogens with one attached hydrogen (secondary N) is 1. The van der Waals surface area contributed by atoms with Crippen molar-refractivity contribution < 1.29 is 47.4 Å². The minimum absolute atomic E-state index is 0.0355. The second-order valence-electron chi connectivity index (χ2n) is 13.2. The average Bonchev–Trinajstić information content (AvgIpc) is 3.45. The fourth-order valence-corrected chi connectivity index (χ4v) is 8.92. The van der Waals surface area contributed by atoms with Crippen molar-refractivity contribution in [2.45, 2.75) is 30.9 Å². The molecule has 51 heavy (non-hydrogen) atoms. The van der Waals surface area contributed by atoms with E-state index in [0.717, 1.165) is 0 Å². The average molecular weight is 742 g/mol. The smallest absolute Gasteiger partial charge is 0.417 e. The molecule has 8 rings (SSSR count). The number of amides is 4. The van der Waals surface area contributed by atoms with E-state index >= 15 is 4.79 Å². The topological polar surface area (TPSA) is 149 Å². The van der Waals surface area contributed by atoms with Crippen LogP contribution in [0.5, 0.6) is 11.5 Å². The number of phenolic OH excluding ortho intramolecular Hbond substituents is 1. The monoisotopic (exact) mass is 740 g/mol. The molecule has 3 N–H and O–H groups in total. The summed E-state index contributed by atoms with van der Waals surface area (Å²) in [6.07, 6.45) is -0.895. The van der Waals surface area contributed by atoms with E-state index in [1.807, 2.05) is 0 Å². The van der Waals surface area contributed by atoms with Crippen LogP contribution in [-0.4, -0.2) is 49.0 Å². The number of aromatic hydroxyl groups is 1. The van der Waals surface area contributed by atoms with Gasteiger partial charge in [0.2, 0.25) is 0 Å². The first kappa shape index (κ1) is 33.2. The molecule has 11 nitrogen and oxygen atoms in total. The molecule has 2 aromatic carbocycles. The van der Waals surface area contributed by atoms with Crippen molar-refractivity contribution in [2.75, 3.05) is 5.43 Å². The van der Waals surface area contributed by atoms with Gasteiger partial charge in [-0.15, -0.1) is 0 Å². The highest BCUT2D eigenvalue weighted by molar-refractivity contribution is 6.33. The SMILES string of the molecule is O=C1C2CC=C3C(CC4C(=O)N(Nc5ncc(C(F)(F)F)cc5Cl)C(=O)C4(c4ccc(Cl)cc4)C3C3=COc4ccc(O)cc4C3)C2C(=O)N1O. The first-order valence-corrected chi connectivity index (χ1v) is 16.5. The summed E-state index contributed by atoms with van der Waals surface area (Å²) in [6.45, 7) is 0. The van der Waals surface area contributed by atoms with Crippen molar-refractivity contribution >= 4 is 52.6 Å². The number of phenols is 1. The number of allylic oxidation sites excluding steroid dienone is 3. The number of benzene rings is 2. The molecule has 1 aromatic heterocycles. The molecular formula is C35H25Cl2F3N4O7. The number of hydrogen-bond acceptors (Lipinski definition) is 9. The van der Waals surface area contributed by atoms with Crippen LogP contribution in [0.15, 0.2) is 78.2 Å². The van der Waals surface area contributed by atoms with Gasteiger partial charge in [0.25, 0.3) is 23.6 Å². The van der Waals surface area contributed by atoms with Crippen molar-refractivity contribution in [3.05, 3.63) is 105 Å². The maximum absolute atomic E-state index is 15.2. The molecule has 4 amide bonds. The second-order valence-corrected chi connectivity index (χ2v) is 14.0. The molecule has 3 aromatic rings. The lowest BCUT2D eigenvalue weighted by molar-refractivity contribution is -0.173. The highest BCUT2D eigenvalue weighted by atomic mass is 35.5. The first-order chi connectivity index (χ1) is 24.2. The van der Waals surface area contributed by atoms with Gasteiger partial charge in [-0.1, -0.05) is 47.0 Å². The number of carbonyl (C=O) groups excluding carboxylic acids is 4. The van der Waals surface area contributed by atoms with Crippen molar-refractivity contribution in [1.29, 1.82) is 0 Å². The molecule has 262 valence electrons. The lowest BCUT2D eigenvalue weighted by Gasteiger charge is -2.51. The Hall–Kier alpha value is -4.92. The first-order valence-electron chi connectivity index (χ1n) is 15.8. The Morgan fingerprint density at radius 2 is 1.73 bits per heavy atom. The molecule has 6 atom stereocenters. The van der Waals surface area contributed by atoms with Crippen molar-refractivity contribution in [2.24, 2.45) is 29.6 Å². The summed E-state index contributed by atoms with van der Waals surface area (Å²) in [5.74, 6) is -8.07. The Bertz CT molecular complexity index is 2120. The van der Waals surface area contributed by atoms with Gasteiger partial charge in [0.1, 0.15) is 11.5 Å². The van der Waals surface area contributed by atoms with Gasteiger partial charge in [-0.05, 0) is 66.3 Å². The van der Waals surface area contributed by atoms with E-state index in [1.54, 1.807) is 36.4 Å². The number of hydrogen-bond donors (Lipinski definition) is 3. The van der Waals surface area contributed by atoms with E-state index in [1.165, 1.54) is 18.4 Å². The van der Waals surface area contributed by atoms with Crippen LogP contribution in [0.1, 0.15) is 29.5 Å². The number of pyridine rings is 1. The quantitative estimate of drug-likeness (QED) is 0.170. The molecule has 0 spiro atoms. The van der Waals surface area contributed by atoms with E-state index in [4.69, 9.17) is 27.9 Å². The number of ether oxygens (including phenoxy) is 1. The number of hydroxylamine groups is 2. The molecule has 0 bridgehead atoms. The van der Waals surface area contributed by atoms with Crippen LogP contribution >= 0.6 is 23.2 Å². The Labute approximate surface area is 296 Å². The van der Waals surface area contributed by atoms with E-state index in [2.05, 4.69) is 10.4 Å². The molecular weight excluding hydrogens is 716 g/mol. The molecule has 6 unspecified atom stereocenters. The fraction of sp³-hybridized carbons (Fsp3) is 0.286. The fourth-order valence-electron chi connectivity index (χ4n) is 8.58. The summed E-state index contributed by atoms with van der Waals surface area (Å²) < 4.78 is 46.2. The maximum Gasteiger partial charge on any atom is 0.417 e. The maximum atomic E-state index is 15.2. The van der Waals surface area contributed by atoms with Crippen LogP contribution in [-0.2, 0) is 37.2 Å². The van der Waals surface area contributed by atoms with Crippen LogP contribution in [0.25, 0.3) is 0 Å². The summed E-state index contributed by atoms with van der Waals surface area (Å²) in [7, 11) is 0. The molecule has 5 aliphatic rings. The predicted octanol–water partition coefficient (Wildman–Crippen LogP) is 5.84. The van der Waals surface area contributed by atoms with Crippen LogP contribution in [0.2, 0.25) is 10.0 Å². The molecule has 0 radical (unpaired) electrons. The Morgan fingerprint density at radius 3 is 2.43 bits per heavy atom. The highest BCUT2D eigenvalue weighted by Crippen LogP contribution is 2.63. The zero-order valence-electron chi connectivity index (χ0n) is 26.0. The zero-order valence-corrected chi connectivity index (χ0v) is 27.5. The molecule has 3 aliphatic heterocycles. The zero-order chi connectivity index (χ0) is 36.1. The number of aromatic nitrogens is 1. The van der Waals surface area contributed by atoms with Crippen LogP contribution in [0, 0.1) is 29.6 Å². The lowest BCUT2D eigenvalue weighted by Crippen LogP contribution is -2.55. The number of fused-ring (bicyclic) bond motifs is 5. The van der Waals surface area contributed by atoms with Crippen molar-refractivity contribution in [3.8, 4) is 11.5 Å². The summed E-state index contributed by atoms with van der Waals surface area (Å²) in [5, 5.41) is 21.3. The van der Waals surface area contributed by atoms with E-state index in [0.29, 0.717) is 50.3 Å². The van der Waals surface area contributed by atoms with Gasteiger partial charge < -0.3 is 9.84 Å². The van der Waals surface area contributed by atoms with Gasteiger partial charge in [-0.25, -0.2) is 4.98 Å². The third-order valence-electron chi connectivity index (χ3n) is 10.7. The number of imide groups is 2. The number of alkyl halides is 3. The van der Waals surface area contributed by atoms with Crippen LogP contribution in [0.4, 0.5) is 19.0 Å². The Kier molecular flexibility index (Phi) is 7.53.